The van der Waals surface area contributed by atoms with Gasteiger partial charge in [0.15, 0.2) is 17.5 Å². The van der Waals surface area contributed by atoms with E-state index in [0.29, 0.717) is 39.3 Å². The third-order valence-electron chi connectivity index (χ3n) is 12.9. The van der Waals surface area contributed by atoms with Crippen molar-refractivity contribution in [2.45, 2.75) is 13.1 Å². The van der Waals surface area contributed by atoms with Crippen LogP contribution in [0.15, 0.2) is 206 Å². The third-order valence-corrected chi connectivity index (χ3v) is 12.9. The molecule has 0 saturated heterocycles. The maximum Gasteiger partial charge on any atom is 0.416 e. The van der Waals surface area contributed by atoms with Gasteiger partial charge in [0.2, 0.25) is 0 Å². The molecular weight excluding hydrogens is 862 g/mol. The molecule has 9 heteroatoms. The SMILES string of the molecule is Cc1ccc2c(c1)c1ccccc1n2-c1ccc(-c2nc(-c3ccccc3)nc(-c3ccccc3)n2)cc1-c1ccc(-c2ccc(C#N)cc2)cc1-n1c2ccccc2c2cc(C(F)(F)F)ccc21. The summed E-state index contributed by atoms with van der Waals surface area (Å²) >= 11 is 0. The number of nitrogens with zero attached hydrogens (tertiary/aromatic N) is 6. The predicted octanol–water partition coefficient (Wildman–Crippen LogP) is 15.6. The number of benzene rings is 9. The smallest absolute Gasteiger partial charge is 0.309 e. The molecule has 0 saturated carbocycles. The predicted molar refractivity (Wildman–Crippen MR) is 270 cm³/mol. The van der Waals surface area contributed by atoms with Crippen molar-refractivity contribution in [3.8, 4) is 73.9 Å². The molecule has 0 aliphatic carbocycles. The van der Waals surface area contributed by atoms with Crippen molar-refractivity contribution in [1.29, 1.82) is 5.26 Å². The maximum atomic E-state index is 14.4. The van der Waals surface area contributed by atoms with Gasteiger partial charge in [0.25, 0.3) is 0 Å². The highest BCUT2D eigenvalue weighted by Gasteiger charge is 2.31. The molecule has 0 aliphatic rings. The van der Waals surface area contributed by atoms with Crippen LogP contribution in [0.25, 0.3) is 111 Å². The fraction of sp³-hybridized carbons (Fsp3) is 0.0333. The molecular formula is C60H37F3N6. The van der Waals surface area contributed by atoms with E-state index in [1.54, 1.807) is 18.2 Å². The van der Waals surface area contributed by atoms with E-state index in [1.807, 2.05) is 103 Å². The van der Waals surface area contributed by atoms with Gasteiger partial charge in [-0.2, -0.15) is 18.4 Å². The highest BCUT2D eigenvalue weighted by Crippen LogP contribution is 2.44. The topological polar surface area (TPSA) is 72.3 Å². The summed E-state index contributed by atoms with van der Waals surface area (Å²) in [7, 11) is 0. The van der Waals surface area contributed by atoms with Crippen LogP contribution in [0.2, 0.25) is 0 Å². The molecule has 0 atom stereocenters. The van der Waals surface area contributed by atoms with Crippen molar-refractivity contribution in [3.05, 3.63) is 223 Å². The van der Waals surface area contributed by atoms with Gasteiger partial charge in [-0.25, -0.2) is 15.0 Å². The molecule has 0 bridgehead atoms. The average Bonchev–Trinajstić information content (AvgIpc) is 3.90. The Labute approximate surface area is 394 Å². The Bertz CT molecular complexity index is 3960. The second kappa shape index (κ2) is 16.3. The molecule has 0 spiro atoms. The van der Waals surface area contributed by atoms with E-state index >= 15 is 0 Å². The minimum Gasteiger partial charge on any atom is -0.309 e. The zero-order valence-corrected chi connectivity index (χ0v) is 36.9. The second-order valence-electron chi connectivity index (χ2n) is 17.1. The number of aromatic nitrogens is 5. The zero-order valence-electron chi connectivity index (χ0n) is 36.9. The van der Waals surface area contributed by atoms with Crippen LogP contribution >= 0.6 is 0 Å². The van der Waals surface area contributed by atoms with Gasteiger partial charge in [0.1, 0.15) is 0 Å². The van der Waals surface area contributed by atoms with Crippen LogP contribution in [-0.2, 0) is 6.18 Å². The molecule has 0 radical (unpaired) electrons. The van der Waals surface area contributed by atoms with E-state index in [4.69, 9.17) is 15.0 Å². The van der Waals surface area contributed by atoms with Crippen LogP contribution in [-0.4, -0.2) is 24.1 Å². The highest BCUT2D eigenvalue weighted by molar-refractivity contribution is 6.12. The second-order valence-corrected chi connectivity index (χ2v) is 17.1. The van der Waals surface area contributed by atoms with Gasteiger partial charge in [0, 0.05) is 49.4 Å². The van der Waals surface area contributed by atoms with E-state index in [1.165, 1.54) is 6.07 Å². The quantitative estimate of drug-likeness (QED) is 0.160. The van der Waals surface area contributed by atoms with Crippen molar-refractivity contribution < 1.29 is 13.2 Å². The summed E-state index contributed by atoms with van der Waals surface area (Å²) < 4.78 is 47.6. The summed E-state index contributed by atoms with van der Waals surface area (Å²) in [6.07, 6.45) is -4.54. The lowest BCUT2D eigenvalue weighted by Crippen LogP contribution is -2.05. The number of hydrogen-bond donors (Lipinski definition) is 0. The fourth-order valence-electron chi connectivity index (χ4n) is 9.64. The highest BCUT2D eigenvalue weighted by atomic mass is 19.4. The van der Waals surface area contributed by atoms with Crippen molar-refractivity contribution >= 4 is 43.6 Å². The first-order valence-corrected chi connectivity index (χ1v) is 22.5. The molecule has 0 aliphatic heterocycles. The molecule has 328 valence electrons. The van der Waals surface area contributed by atoms with Crippen LogP contribution in [0.1, 0.15) is 16.7 Å². The van der Waals surface area contributed by atoms with Crippen LogP contribution in [0.5, 0.6) is 0 Å². The van der Waals surface area contributed by atoms with Crippen LogP contribution < -0.4 is 0 Å². The van der Waals surface area contributed by atoms with Crippen molar-refractivity contribution in [2.75, 3.05) is 0 Å². The molecule has 9 aromatic carbocycles. The summed E-state index contributed by atoms with van der Waals surface area (Å²) in [6.45, 7) is 2.10. The molecule has 0 N–H and O–H groups in total. The standard InChI is InChI=1S/C60H37F3N6/c1-37-20-29-53-48(32-37)45-16-8-10-18-51(45)68(53)54-30-26-43(59-66-57(40-12-4-2-5-13-40)65-58(67-59)41-14-6-3-7-15-41)33-49(54)47-28-25-42(39-23-21-38(36-64)22-24-39)34-56(47)69-52-19-11-9-17-46(52)50-35-44(60(61,62)63)27-31-55(50)69/h2-35H,1H3. The van der Waals surface area contributed by atoms with E-state index in [9.17, 15) is 18.4 Å². The Morgan fingerprint density at radius 3 is 1.52 bits per heavy atom. The van der Waals surface area contributed by atoms with Gasteiger partial charge >= 0.3 is 6.18 Å². The summed E-state index contributed by atoms with van der Waals surface area (Å²) in [6, 6.07) is 68.3. The first-order valence-electron chi connectivity index (χ1n) is 22.5. The number of para-hydroxylation sites is 2. The Hall–Kier alpha value is -9.13. The van der Waals surface area contributed by atoms with Crippen LogP contribution in [0.3, 0.4) is 0 Å². The first-order chi connectivity index (χ1) is 33.7. The van der Waals surface area contributed by atoms with E-state index in [2.05, 4.69) is 94.9 Å². The first kappa shape index (κ1) is 41.3. The van der Waals surface area contributed by atoms with Gasteiger partial charge in [-0.1, -0.05) is 133 Å². The number of rotatable bonds is 7. The lowest BCUT2D eigenvalue weighted by Gasteiger charge is -2.21. The Kier molecular flexibility index (Phi) is 9.78. The summed E-state index contributed by atoms with van der Waals surface area (Å²) in [5, 5.41) is 13.0. The van der Waals surface area contributed by atoms with E-state index in [0.717, 1.165) is 89.3 Å². The monoisotopic (exact) mass is 898 g/mol. The van der Waals surface area contributed by atoms with Crippen LogP contribution in [0, 0.1) is 18.3 Å². The lowest BCUT2D eigenvalue weighted by atomic mass is 9.94. The molecule has 6 nitrogen and oxygen atoms in total. The molecule has 0 unspecified atom stereocenters. The Balaban J connectivity index is 1.20. The van der Waals surface area contributed by atoms with Crippen molar-refractivity contribution in [1.82, 2.24) is 24.1 Å². The summed E-state index contributed by atoms with van der Waals surface area (Å²) in [4.78, 5) is 15.2. The number of nitriles is 1. The Morgan fingerprint density at radius 2 is 0.913 bits per heavy atom. The van der Waals surface area contributed by atoms with Gasteiger partial charge in [-0.15, -0.1) is 0 Å². The third kappa shape index (κ3) is 7.18. The van der Waals surface area contributed by atoms with Gasteiger partial charge in [0.05, 0.1) is 50.6 Å². The fourth-order valence-corrected chi connectivity index (χ4v) is 9.64. The van der Waals surface area contributed by atoms with Gasteiger partial charge in [-0.3, -0.25) is 0 Å². The molecule has 0 amide bonds. The summed E-state index contributed by atoms with van der Waals surface area (Å²) in [5.74, 6) is 1.53. The van der Waals surface area contributed by atoms with Crippen LogP contribution in [0.4, 0.5) is 13.2 Å². The molecule has 3 aromatic heterocycles. The number of fused-ring (bicyclic) bond motifs is 6. The number of hydrogen-bond acceptors (Lipinski definition) is 4. The minimum atomic E-state index is -4.54. The van der Waals surface area contributed by atoms with Gasteiger partial charge < -0.3 is 9.13 Å². The molecule has 12 aromatic rings. The van der Waals surface area contributed by atoms with E-state index in [-0.39, 0.29) is 0 Å². The average molecular weight is 899 g/mol. The normalized spacial score (nSPS) is 11.8. The van der Waals surface area contributed by atoms with Gasteiger partial charge in [-0.05, 0) is 96.9 Å². The number of halogens is 3. The molecule has 12 rings (SSSR count). The van der Waals surface area contributed by atoms with Crippen molar-refractivity contribution in [3.63, 3.8) is 0 Å². The van der Waals surface area contributed by atoms with Crippen molar-refractivity contribution in [2.24, 2.45) is 0 Å². The lowest BCUT2D eigenvalue weighted by molar-refractivity contribution is -0.137. The number of alkyl halides is 3. The number of aryl methyl sites for hydroxylation is 1. The zero-order chi connectivity index (χ0) is 46.8. The molecule has 69 heavy (non-hydrogen) atoms. The summed E-state index contributed by atoms with van der Waals surface area (Å²) in [5.41, 5.74) is 11.8. The maximum absolute atomic E-state index is 14.4. The minimum absolute atomic E-state index is 0.473. The Morgan fingerprint density at radius 1 is 0.406 bits per heavy atom. The largest absolute Gasteiger partial charge is 0.416 e. The van der Waals surface area contributed by atoms with E-state index < -0.39 is 11.7 Å². The molecule has 3 heterocycles. The molecule has 0 fully saturated rings.